The lowest BCUT2D eigenvalue weighted by molar-refractivity contribution is -0.142. The standard InChI is InChI=1S/C19H27NO3.2C2H4O2/c1-4-10-16(21)19(17(22)11-5-2,20-18(23)12-6-3)15-13-8-7-9-14-15;2*1-2(3)4/h7-9,13-14H,4-6,10-12H2,1-3H3,(H,20,23);2*1H3,(H,3,4). The number of nitrogens with one attached hydrogen (secondary N) is 1. The molecule has 3 N–H and O–H groups in total. The molecule has 1 amide bonds. The van der Waals surface area contributed by atoms with Crippen molar-refractivity contribution in [2.75, 3.05) is 0 Å². The summed E-state index contributed by atoms with van der Waals surface area (Å²) in [6.45, 7) is 7.85. The SMILES string of the molecule is CC(=O)O.CC(=O)O.CCCC(=O)NC(C(=O)CCC)(C(=O)CCC)c1ccccc1. The highest BCUT2D eigenvalue weighted by Gasteiger charge is 2.46. The fraction of sp³-hybridized carbons (Fsp3) is 0.522. The molecule has 0 aliphatic heterocycles. The molecule has 0 saturated carbocycles. The van der Waals surface area contributed by atoms with Crippen molar-refractivity contribution in [3.8, 4) is 0 Å². The quantitative estimate of drug-likeness (QED) is 0.474. The van der Waals surface area contributed by atoms with Gasteiger partial charge in [0.25, 0.3) is 11.9 Å². The number of carbonyl (C=O) groups is 5. The number of Topliss-reactive ketones (excluding diaryl/α,β-unsaturated/α-hetero) is 2. The van der Waals surface area contributed by atoms with Crippen LogP contribution in [0.4, 0.5) is 0 Å². The van der Waals surface area contributed by atoms with Crippen molar-refractivity contribution < 1.29 is 34.2 Å². The van der Waals surface area contributed by atoms with E-state index in [0.29, 0.717) is 31.2 Å². The lowest BCUT2D eigenvalue weighted by Gasteiger charge is -2.32. The molecule has 0 radical (unpaired) electrons. The summed E-state index contributed by atoms with van der Waals surface area (Å²) in [5, 5.41) is 17.6. The van der Waals surface area contributed by atoms with Crippen LogP contribution >= 0.6 is 0 Å². The molecule has 0 bridgehead atoms. The number of aliphatic carboxylic acids is 2. The summed E-state index contributed by atoms with van der Waals surface area (Å²) in [5.74, 6) is -2.38. The molecule has 174 valence electrons. The Morgan fingerprint density at radius 3 is 1.42 bits per heavy atom. The maximum atomic E-state index is 12.9. The molecule has 8 heteroatoms. The third kappa shape index (κ3) is 12.3. The molecule has 1 rings (SSSR count). The lowest BCUT2D eigenvalue weighted by atomic mass is 9.78. The topological polar surface area (TPSA) is 138 Å². The van der Waals surface area contributed by atoms with Gasteiger partial charge in [-0.25, -0.2) is 0 Å². The minimum atomic E-state index is -1.54. The lowest BCUT2D eigenvalue weighted by Crippen LogP contribution is -2.57. The van der Waals surface area contributed by atoms with Gasteiger partial charge in [-0.15, -0.1) is 0 Å². The normalized spacial score (nSPS) is 9.84. The van der Waals surface area contributed by atoms with E-state index in [1.54, 1.807) is 24.3 Å². The molecule has 0 heterocycles. The van der Waals surface area contributed by atoms with E-state index in [1.165, 1.54) is 0 Å². The van der Waals surface area contributed by atoms with E-state index in [2.05, 4.69) is 5.32 Å². The van der Waals surface area contributed by atoms with Crippen molar-refractivity contribution >= 4 is 29.4 Å². The molecule has 0 fully saturated rings. The molecule has 0 aliphatic carbocycles. The molecule has 0 spiro atoms. The van der Waals surface area contributed by atoms with E-state index in [1.807, 2.05) is 26.8 Å². The third-order valence-electron chi connectivity index (χ3n) is 3.80. The monoisotopic (exact) mass is 437 g/mol. The number of benzene rings is 1. The van der Waals surface area contributed by atoms with E-state index in [4.69, 9.17) is 19.8 Å². The van der Waals surface area contributed by atoms with Gasteiger partial charge in [0.2, 0.25) is 5.91 Å². The molecule has 8 nitrogen and oxygen atoms in total. The Labute approximate surface area is 184 Å². The molecule has 0 unspecified atom stereocenters. The molecule has 31 heavy (non-hydrogen) atoms. The first-order chi connectivity index (χ1) is 14.5. The fourth-order valence-corrected chi connectivity index (χ4v) is 2.71. The third-order valence-corrected chi connectivity index (χ3v) is 3.80. The van der Waals surface area contributed by atoms with Crippen LogP contribution in [0.5, 0.6) is 0 Å². The van der Waals surface area contributed by atoms with Crippen LogP contribution in [0.15, 0.2) is 30.3 Å². The van der Waals surface area contributed by atoms with E-state index in [-0.39, 0.29) is 30.3 Å². The molecular weight excluding hydrogens is 402 g/mol. The smallest absolute Gasteiger partial charge is 0.300 e. The minimum absolute atomic E-state index is 0.228. The number of carbonyl (C=O) groups excluding carboxylic acids is 3. The van der Waals surface area contributed by atoms with Crippen molar-refractivity contribution in [2.24, 2.45) is 0 Å². The number of rotatable bonds is 10. The molecule has 1 aromatic carbocycles. The summed E-state index contributed by atoms with van der Waals surface area (Å²) in [6, 6.07) is 8.89. The Kier molecular flexibility index (Phi) is 16.3. The first-order valence-electron chi connectivity index (χ1n) is 10.3. The zero-order valence-electron chi connectivity index (χ0n) is 19.1. The van der Waals surface area contributed by atoms with Crippen LogP contribution < -0.4 is 5.32 Å². The Morgan fingerprint density at radius 1 is 0.742 bits per heavy atom. The summed E-state index contributed by atoms with van der Waals surface area (Å²) in [6.07, 6.45) is 2.76. The summed E-state index contributed by atoms with van der Waals surface area (Å²) in [4.78, 5) is 56.0. The average molecular weight is 438 g/mol. The Balaban J connectivity index is 0. The highest BCUT2D eigenvalue weighted by atomic mass is 16.4. The van der Waals surface area contributed by atoms with Gasteiger partial charge in [-0.05, 0) is 24.8 Å². The maximum absolute atomic E-state index is 12.9. The number of hydrogen-bond donors (Lipinski definition) is 3. The van der Waals surface area contributed by atoms with Crippen molar-refractivity contribution in [1.82, 2.24) is 5.32 Å². The summed E-state index contributed by atoms with van der Waals surface area (Å²) >= 11 is 0. The number of carboxylic acids is 2. The fourth-order valence-electron chi connectivity index (χ4n) is 2.71. The number of hydrogen-bond acceptors (Lipinski definition) is 5. The van der Waals surface area contributed by atoms with Crippen molar-refractivity contribution in [3.05, 3.63) is 35.9 Å². The number of amides is 1. The van der Waals surface area contributed by atoms with E-state index < -0.39 is 17.5 Å². The van der Waals surface area contributed by atoms with Crippen molar-refractivity contribution in [1.29, 1.82) is 0 Å². The molecular formula is C23H35NO7. The van der Waals surface area contributed by atoms with Crippen LogP contribution in [0, 0.1) is 0 Å². The van der Waals surface area contributed by atoms with E-state index in [0.717, 1.165) is 13.8 Å². The summed E-state index contributed by atoms with van der Waals surface area (Å²) in [5.41, 5.74) is -0.985. The molecule has 0 atom stereocenters. The highest BCUT2D eigenvalue weighted by molar-refractivity contribution is 6.14. The highest BCUT2D eigenvalue weighted by Crippen LogP contribution is 2.28. The van der Waals surface area contributed by atoms with Gasteiger partial charge in [0.1, 0.15) is 0 Å². The molecule has 0 saturated heterocycles. The van der Waals surface area contributed by atoms with Gasteiger partial charge in [-0.2, -0.15) is 0 Å². The zero-order chi connectivity index (χ0) is 24.4. The Bertz CT molecular complexity index is 676. The predicted octanol–water partition coefficient (Wildman–Crippen LogP) is 3.72. The largest absolute Gasteiger partial charge is 0.481 e. The first-order valence-corrected chi connectivity index (χ1v) is 10.3. The van der Waals surface area contributed by atoms with Gasteiger partial charge >= 0.3 is 0 Å². The Hall–Kier alpha value is -3.03. The molecule has 1 aromatic rings. The van der Waals surface area contributed by atoms with Gasteiger partial charge in [-0.1, -0.05) is 51.1 Å². The summed E-state index contributed by atoms with van der Waals surface area (Å²) < 4.78 is 0. The molecule has 0 aliphatic rings. The van der Waals surface area contributed by atoms with Crippen molar-refractivity contribution in [2.45, 2.75) is 78.7 Å². The second kappa shape index (κ2) is 16.7. The van der Waals surface area contributed by atoms with Gasteiger partial charge in [-0.3, -0.25) is 24.0 Å². The number of ketones is 2. The second-order valence-electron chi connectivity index (χ2n) is 6.80. The van der Waals surface area contributed by atoms with E-state index >= 15 is 0 Å². The van der Waals surface area contributed by atoms with Crippen LogP contribution in [0.1, 0.15) is 78.7 Å². The van der Waals surface area contributed by atoms with Crippen LogP contribution in [0.25, 0.3) is 0 Å². The number of carboxylic acid groups (broad SMARTS) is 2. The minimum Gasteiger partial charge on any atom is -0.481 e. The van der Waals surface area contributed by atoms with Crippen LogP contribution in [-0.2, 0) is 29.5 Å². The average Bonchev–Trinajstić information content (AvgIpc) is 2.66. The maximum Gasteiger partial charge on any atom is 0.300 e. The van der Waals surface area contributed by atoms with Gasteiger partial charge in [0.05, 0.1) is 0 Å². The van der Waals surface area contributed by atoms with Crippen LogP contribution in [0.3, 0.4) is 0 Å². The first kappa shape index (κ1) is 30.2. The van der Waals surface area contributed by atoms with E-state index in [9.17, 15) is 14.4 Å². The van der Waals surface area contributed by atoms with Gasteiger partial charge < -0.3 is 15.5 Å². The zero-order valence-corrected chi connectivity index (χ0v) is 19.1. The summed E-state index contributed by atoms with van der Waals surface area (Å²) in [7, 11) is 0. The van der Waals surface area contributed by atoms with Crippen LogP contribution in [0.2, 0.25) is 0 Å². The second-order valence-corrected chi connectivity index (χ2v) is 6.80. The van der Waals surface area contributed by atoms with Crippen molar-refractivity contribution in [3.63, 3.8) is 0 Å². The molecule has 0 aromatic heterocycles. The predicted molar refractivity (Wildman–Crippen MR) is 118 cm³/mol. The van der Waals surface area contributed by atoms with Gasteiger partial charge in [0.15, 0.2) is 17.1 Å². The van der Waals surface area contributed by atoms with Gasteiger partial charge in [0, 0.05) is 33.1 Å². The Morgan fingerprint density at radius 2 is 1.10 bits per heavy atom. The van der Waals surface area contributed by atoms with Crippen LogP contribution in [-0.4, -0.2) is 39.6 Å².